The second-order valence-corrected chi connectivity index (χ2v) is 12.4. The Balaban J connectivity index is 1.47. The number of hydrogen-bond donors (Lipinski definition) is 0. The minimum Gasteiger partial charge on any atom is -0.497 e. The van der Waals surface area contributed by atoms with Crippen LogP contribution in [0.1, 0.15) is 66.2 Å². The minimum absolute atomic E-state index is 0.354. The maximum atomic E-state index is 5.45. The second-order valence-electron chi connectivity index (χ2n) is 12.4. The van der Waals surface area contributed by atoms with Crippen molar-refractivity contribution in [1.82, 2.24) is 4.90 Å². The number of methoxy groups -OCH3 is 2. The standard InChI is InChI=1S/C37H48N2O2/c1-26(2)36-25-28(4)9-24-37(36)39(32-10-7-27(3)8-11-32)33-14-12-29(13-15-33)38(30-16-20-34(40-5)21-17-30)31-18-22-35(41-6)23-19-31/h12-14,16-28,32-33H,7-11,15H2,1-6H3. The molecule has 2 aromatic rings. The molecule has 0 radical (unpaired) electrons. The molecule has 1 fully saturated rings. The van der Waals surface area contributed by atoms with Gasteiger partial charge in [0, 0.05) is 28.8 Å². The summed E-state index contributed by atoms with van der Waals surface area (Å²) in [6, 6.07) is 17.6. The highest BCUT2D eigenvalue weighted by Crippen LogP contribution is 2.40. The van der Waals surface area contributed by atoms with Crippen molar-refractivity contribution in [1.29, 1.82) is 0 Å². The Labute approximate surface area is 248 Å². The molecular formula is C37H48N2O2. The van der Waals surface area contributed by atoms with Gasteiger partial charge in [-0.15, -0.1) is 0 Å². The van der Waals surface area contributed by atoms with Crippen molar-refractivity contribution in [2.75, 3.05) is 19.1 Å². The van der Waals surface area contributed by atoms with Gasteiger partial charge in [0.05, 0.1) is 20.3 Å². The summed E-state index contributed by atoms with van der Waals surface area (Å²) in [7, 11) is 3.42. The third kappa shape index (κ3) is 6.58. The Hall–Kier alpha value is -3.40. The van der Waals surface area contributed by atoms with E-state index in [1.807, 2.05) is 24.3 Å². The summed E-state index contributed by atoms with van der Waals surface area (Å²) < 4.78 is 10.9. The molecule has 0 bridgehead atoms. The molecule has 0 spiro atoms. The van der Waals surface area contributed by atoms with Crippen LogP contribution in [0, 0.1) is 17.8 Å². The van der Waals surface area contributed by atoms with Gasteiger partial charge in [0.2, 0.25) is 0 Å². The van der Waals surface area contributed by atoms with Gasteiger partial charge in [-0.25, -0.2) is 0 Å². The molecule has 3 aliphatic rings. The number of hydrogen-bond acceptors (Lipinski definition) is 4. The van der Waals surface area contributed by atoms with E-state index in [0.717, 1.165) is 41.6 Å². The Morgan fingerprint density at radius 3 is 1.83 bits per heavy atom. The molecule has 218 valence electrons. The Bertz CT molecular complexity index is 1230. The van der Waals surface area contributed by atoms with E-state index in [4.69, 9.17) is 9.47 Å². The van der Waals surface area contributed by atoms with Gasteiger partial charge in [0.15, 0.2) is 0 Å². The van der Waals surface area contributed by atoms with Crippen LogP contribution in [0.5, 0.6) is 11.5 Å². The quantitative estimate of drug-likeness (QED) is 0.309. The molecule has 0 aliphatic heterocycles. The first kappa shape index (κ1) is 29.1. The fourth-order valence-electron chi connectivity index (χ4n) is 6.66. The SMILES string of the molecule is COc1ccc(N(C2=CCC(N(C3=CCC(C)C=C3C(C)C)C3CCC(C)CC3)C=C2)c2ccc(OC)cc2)cc1. The number of benzene rings is 2. The Morgan fingerprint density at radius 1 is 0.756 bits per heavy atom. The van der Waals surface area contributed by atoms with Gasteiger partial charge in [-0.3, -0.25) is 0 Å². The fourth-order valence-corrected chi connectivity index (χ4v) is 6.66. The van der Waals surface area contributed by atoms with Crippen molar-refractivity contribution >= 4 is 11.4 Å². The summed E-state index contributed by atoms with van der Waals surface area (Å²) >= 11 is 0. The summed E-state index contributed by atoms with van der Waals surface area (Å²) in [5.74, 6) is 3.69. The molecule has 5 rings (SSSR count). The first-order chi connectivity index (χ1) is 19.9. The first-order valence-electron chi connectivity index (χ1n) is 15.5. The fraction of sp³-hybridized carbons (Fsp3) is 0.459. The maximum Gasteiger partial charge on any atom is 0.119 e. The topological polar surface area (TPSA) is 24.9 Å². The predicted molar refractivity (Wildman–Crippen MR) is 172 cm³/mol. The van der Waals surface area contributed by atoms with Gasteiger partial charge >= 0.3 is 0 Å². The van der Waals surface area contributed by atoms with E-state index >= 15 is 0 Å². The monoisotopic (exact) mass is 552 g/mol. The Kier molecular flexibility index (Phi) is 9.27. The maximum absolute atomic E-state index is 5.45. The molecule has 2 atom stereocenters. The van der Waals surface area contributed by atoms with Crippen LogP contribution in [0.2, 0.25) is 0 Å². The smallest absolute Gasteiger partial charge is 0.119 e. The average Bonchev–Trinajstić information content (AvgIpc) is 3.00. The van der Waals surface area contributed by atoms with Gasteiger partial charge < -0.3 is 19.3 Å². The minimum atomic E-state index is 0.354. The molecule has 4 nitrogen and oxygen atoms in total. The van der Waals surface area contributed by atoms with Crippen molar-refractivity contribution in [2.24, 2.45) is 17.8 Å². The van der Waals surface area contributed by atoms with E-state index in [1.54, 1.807) is 14.2 Å². The molecule has 0 N–H and O–H groups in total. The van der Waals surface area contributed by atoms with E-state index in [-0.39, 0.29) is 0 Å². The molecule has 2 unspecified atom stereocenters. The largest absolute Gasteiger partial charge is 0.497 e. The molecule has 0 saturated heterocycles. The van der Waals surface area contributed by atoms with Crippen molar-refractivity contribution in [3.05, 3.63) is 95.9 Å². The van der Waals surface area contributed by atoms with E-state index in [2.05, 4.69) is 92.1 Å². The lowest BCUT2D eigenvalue weighted by Gasteiger charge is -2.46. The zero-order valence-electron chi connectivity index (χ0n) is 25.8. The summed E-state index contributed by atoms with van der Waals surface area (Å²) in [6.07, 6.45) is 19.7. The molecule has 3 aliphatic carbocycles. The average molecular weight is 553 g/mol. The highest BCUT2D eigenvalue weighted by Gasteiger charge is 2.33. The molecule has 0 heterocycles. The normalized spacial score (nSPS) is 24.3. The summed E-state index contributed by atoms with van der Waals surface area (Å²) in [5, 5.41) is 0. The number of anilines is 2. The molecule has 0 aromatic heterocycles. The lowest BCUT2D eigenvalue weighted by Crippen LogP contribution is -2.45. The highest BCUT2D eigenvalue weighted by molar-refractivity contribution is 5.71. The van der Waals surface area contributed by atoms with Gasteiger partial charge in [-0.1, -0.05) is 52.0 Å². The number of allylic oxidation sites excluding steroid dienone is 4. The predicted octanol–water partition coefficient (Wildman–Crippen LogP) is 9.44. The zero-order chi connectivity index (χ0) is 28.9. The van der Waals surface area contributed by atoms with E-state index in [0.29, 0.717) is 23.9 Å². The number of rotatable bonds is 9. The third-order valence-corrected chi connectivity index (χ3v) is 9.06. The van der Waals surface area contributed by atoms with Crippen LogP contribution >= 0.6 is 0 Å². The van der Waals surface area contributed by atoms with Crippen molar-refractivity contribution in [3.63, 3.8) is 0 Å². The van der Waals surface area contributed by atoms with Crippen LogP contribution in [0.3, 0.4) is 0 Å². The van der Waals surface area contributed by atoms with Crippen LogP contribution in [0.15, 0.2) is 95.9 Å². The van der Waals surface area contributed by atoms with E-state index in [9.17, 15) is 0 Å². The van der Waals surface area contributed by atoms with Crippen molar-refractivity contribution in [2.45, 2.75) is 78.3 Å². The van der Waals surface area contributed by atoms with Crippen LogP contribution in [-0.2, 0) is 0 Å². The zero-order valence-corrected chi connectivity index (χ0v) is 25.8. The first-order valence-corrected chi connectivity index (χ1v) is 15.5. The van der Waals surface area contributed by atoms with Crippen molar-refractivity contribution in [3.8, 4) is 11.5 Å². The summed E-state index contributed by atoms with van der Waals surface area (Å²) in [6.45, 7) is 9.49. The van der Waals surface area contributed by atoms with Gasteiger partial charge in [-0.2, -0.15) is 0 Å². The summed E-state index contributed by atoms with van der Waals surface area (Å²) in [4.78, 5) is 5.15. The molecule has 1 saturated carbocycles. The second kappa shape index (κ2) is 13.1. The summed E-state index contributed by atoms with van der Waals surface area (Å²) in [5.41, 5.74) is 6.43. The number of ether oxygens (including phenoxy) is 2. The molecule has 4 heteroatoms. The third-order valence-electron chi connectivity index (χ3n) is 9.06. The van der Waals surface area contributed by atoms with E-state index < -0.39 is 0 Å². The van der Waals surface area contributed by atoms with Gasteiger partial charge in [-0.05, 0) is 116 Å². The molecule has 41 heavy (non-hydrogen) atoms. The molecular weight excluding hydrogens is 504 g/mol. The van der Waals surface area contributed by atoms with Crippen molar-refractivity contribution < 1.29 is 9.47 Å². The van der Waals surface area contributed by atoms with Crippen LogP contribution in [0.4, 0.5) is 11.4 Å². The van der Waals surface area contributed by atoms with Crippen LogP contribution in [-0.4, -0.2) is 31.2 Å². The molecule has 2 aromatic carbocycles. The van der Waals surface area contributed by atoms with Crippen LogP contribution in [0.25, 0.3) is 0 Å². The van der Waals surface area contributed by atoms with Gasteiger partial charge in [0.25, 0.3) is 0 Å². The van der Waals surface area contributed by atoms with Crippen LogP contribution < -0.4 is 14.4 Å². The van der Waals surface area contributed by atoms with Gasteiger partial charge in [0.1, 0.15) is 11.5 Å². The van der Waals surface area contributed by atoms with E-state index in [1.165, 1.54) is 42.7 Å². The highest BCUT2D eigenvalue weighted by atomic mass is 16.5. The Morgan fingerprint density at radius 2 is 1.34 bits per heavy atom. The molecule has 0 amide bonds. The lowest BCUT2D eigenvalue weighted by molar-refractivity contribution is 0.150. The lowest BCUT2D eigenvalue weighted by atomic mass is 9.82. The number of nitrogens with zero attached hydrogens (tertiary/aromatic N) is 2.